The summed E-state index contributed by atoms with van der Waals surface area (Å²) < 4.78 is 13.6. The molecule has 1 rings (SSSR count). The predicted octanol–water partition coefficient (Wildman–Crippen LogP) is 2.25. The standard InChI is InChI=1S/C13H17FN2O5/c1-13(2,3-4-17)7-15-10-6-9(14)8(12(18)19)5-11(10)16(20)21/h5-6,15,17H,3-4,7H2,1-2H3,(H,18,19). The molecule has 3 N–H and O–H groups in total. The SMILES string of the molecule is CC(C)(CCO)CNc1cc(F)c(C(=O)O)cc1[N+](=O)[O-]. The molecule has 7 nitrogen and oxygen atoms in total. The van der Waals surface area contributed by atoms with E-state index < -0.39 is 28.0 Å². The fourth-order valence-corrected chi connectivity index (χ4v) is 1.74. The molecule has 0 aliphatic rings. The van der Waals surface area contributed by atoms with E-state index in [9.17, 15) is 19.3 Å². The number of aliphatic hydroxyl groups is 1. The van der Waals surface area contributed by atoms with Crippen LogP contribution in [0.4, 0.5) is 15.8 Å². The van der Waals surface area contributed by atoms with Gasteiger partial charge in [0.05, 0.1) is 4.92 Å². The van der Waals surface area contributed by atoms with Crippen LogP contribution in [0.3, 0.4) is 0 Å². The molecule has 8 heteroatoms. The normalized spacial score (nSPS) is 11.2. The van der Waals surface area contributed by atoms with Gasteiger partial charge in [-0.25, -0.2) is 9.18 Å². The maximum Gasteiger partial charge on any atom is 0.338 e. The molecule has 0 spiro atoms. The number of rotatable bonds is 7. The Morgan fingerprint density at radius 2 is 2.10 bits per heavy atom. The molecule has 0 bridgehead atoms. The van der Waals surface area contributed by atoms with Gasteiger partial charge in [0.2, 0.25) is 0 Å². The van der Waals surface area contributed by atoms with Crippen LogP contribution in [-0.2, 0) is 0 Å². The van der Waals surface area contributed by atoms with Gasteiger partial charge in [0.25, 0.3) is 5.69 Å². The molecule has 0 aliphatic carbocycles. The van der Waals surface area contributed by atoms with Crippen LogP contribution in [-0.4, -0.2) is 34.3 Å². The van der Waals surface area contributed by atoms with Crippen LogP contribution in [0.25, 0.3) is 0 Å². The molecule has 0 aromatic heterocycles. The Balaban J connectivity index is 3.09. The summed E-state index contributed by atoms with van der Waals surface area (Å²) in [4.78, 5) is 21.0. The van der Waals surface area contributed by atoms with Crippen molar-refractivity contribution in [3.63, 3.8) is 0 Å². The molecule has 0 atom stereocenters. The van der Waals surface area contributed by atoms with Crippen LogP contribution < -0.4 is 5.32 Å². The zero-order valence-electron chi connectivity index (χ0n) is 11.7. The average Bonchev–Trinajstić information content (AvgIpc) is 2.35. The number of carbonyl (C=O) groups is 1. The lowest BCUT2D eigenvalue weighted by Crippen LogP contribution is -2.24. The van der Waals surface area contributed by atoms with Crippen molar-refractivity contribution < 1.29 is 24.3 Å². The Morgan fingerprint density at radius 3 is 2.57 bits per heavy atom. The topological polar surface area (TPSA) is 113 Å². The van der Waals surface area contributed by atoms with Gasteiger partial charge < -0.3 is 15.5 Å². The minimum absolute atomic E-state index is 0.0386. The van der Waals surface area contributed by atoms with E-state index in [1.807, 2.05) is 13.8 Å². The smallest absolute Gasteiger partial charge is 0.338 e. The van der Waals surface area contributed by atoms with Gasteiger partial charge >= 0.3 is 5.97 Å². The molecular formula is C13H17FN2O5. The Bertz CT molecular complexity index is 560. The highest BCUT2D eigenvalue weighted by Gasteiger charge is 2.24. The molecule has 0 unspecified atom stereocenters. The third kappa shape index (κ3) is 4.38. The molecule has 116 valence electrons. The number of nitrogens with one attached hydrogen (secondary N) is 1. The third-order valence-electron chi connectivity index (χ3n) is 3.06. The highest BCUT2D eigenvalue weighted by atomic mass is 19.1. The van der Waals surface area contributed by atoms with Crippen molar-refractivity contribution in [2.75, 3.05) is 18.5 Å². The number of nitro benzene ring substituents is 1. The van der Waals surface area contributed by atoms with Gasteiger partial charge in [-0.1, -0.05) is 13.8 Å². The highest BCUT2D eigenvalue weighted by molar-refractivity contribution is 5.90. The first-order valence-corrected chi connectivity index (χ1v) is 6.24. The molecule has 0 aliphatic heterocycles. The Hall–Kier alpha value is -2.22. The minimum atomic E-state index is -1.57. The van der Waals surface area contributed by atoms with Gasteiger partial charge in [-0.15, -0.1) is 0 Å². The molecule has 0 heterocycles. The number of anilines is 1. The predicted molar refractivity (Wildman–Crippen MR) is 74.0 cm³/mol. The second-order valence-corrected chi connectivity index (χ2v) is 5.40. The van der Waals surface area contributed by atoms with Crippen molar-refractivity contribution in [2.24, 2.45) is 5.41 Å². The zero-order chi connectivity index (χ0) is 16.2. The quantitative estimate of drug-likeness (QED) is 0.526. The molecule has 1 aromatic rings. The third-order valence-corrected chi connectivity index (χ3v) is 3.06. The van der Waals surface area contributed by atoms with Crippen molar-refractivity contribution in [3.05, 3.63) is 33.6 Å². The summed E-state index contributed by atoms with van der Waals surface area (Å²) in [5.74, 6) is -2.61. The van der Waals surface area contributed by atoms with Crippen LogP contribution in [0.1, 0.15) is 30.6 Å². The van der Waals surface area contributed by atoms with Gasteiger partial charge in [-0.05, 0) is 11.8 Å². The van der Waals surface area contributed by atoms with E-state index in [1.54, 1.807) is 0 Å². The second kappa shape index (κ2) is 6.49. The number of carboxylic acid groups (broad SMARTS) is 1. The van der Waals surface area contributed by atoms with Crippen molar-refractivity contribution >= 4 is 17.3 Å². The second-order valence-electron chi connectivity index (χ2n) is 5.40. The minimum Gasteiger partial charge on any atom is -0.478 e. The molecule has 0 amide bonds. The molecule has 0 saturated carbocycles. The number of benzene rings is 1. The lowest BCUT2D eigenvalue weighted by Gasteiger charge is -2.24. The van der Waals surface area contributed by atoms with Gasteiger partial charge in [-0.3, -0.25) is 10.1 Å². The zero-order valence-corrected chi connectivity index (χ0v) is 11.7. The number of nitrogens with zero attached hydrogens (tertiary/aromatic N) is 1. The largest absolute Gasteiger partial charge is 0.478 e. The number of nitro groups is 1. The summed E-state index contributed by atoms with van der Waals surface area (Å²) in [5.41, 5.74) is -1.70. The first-order valence-electron chi connectivity index (χ1n) is 6.24. The van der Waals surface area contributed by atoms with Crippen molar-refractivity contribution in [3.8, 4) is 0 Å². The van der Waals surface area contributed by atoms with E-state index in [-0.39, 0.29) is 24.3 Å². The molecule has 1 aromatic carbocycles. The van der Waals surface area contributed by atoms with E-state index in [2.05, 4.69) is 5.32 Å². The van der Waals surface area contributed by atoms with E-state index in [4.69, 9.17) is 10.2 Å². The number of hydrogen-bond acceptors (Lipinski definition) is 5. The summed E-state index contributed by atoms with van der Waals surface area (Å²) in [5, 5.41) is 31.4. The summed E-state index contributed by atoms with van der Waals surface area (Å²) in [6.07, 6.45) is 0.462. The van der Waals surface area contributed by atoms with Crippen molar-refractivity contribution in [1.29, 1.82) is 0 Å². The highest BCUT2D eigenvalue weighted by Crippen LogP contribution is 2.30. The Kier molecular flexibility index (Phi) is 5.20. The number of carboxylic acids is 1. The lowest BCUT2D eigenvalue weighted by molar-refractivity contribution is -0.384. The van der Waals surface area contributed by atoms with Gasteiger partial charge in [0.15, 0.2) is 0 Å². The number of halogens is 1. The number of aliphatic hydroxyl groups excluding tert-OH is 1. The molecule has 21 heavy (non-hydrogen) atoms. The maximum atomic E-state index is 13.6. The fraction of sp³-hybridized carbons (Fsp3) is 0.462. The molecule has 0 radical (unpaired) electrons. The van der Waals surface area contributed by atoms with E-state index in [0.29, 0.717) is 12.5 Å². The van der Waals surface area contributed by atoms with Crippen molar-refractivity contribution in [1.82, 2.24) is 0 Å². The van der Waals surface area contributed by atoms with Crippen LogP contribution in [0.2, 0.25) is 0 Å². The summed E-state index contributed by atoms with van der Waals surface area (Å²) >= 11 is 0. The van der Waals surface area contributed by atoms with Crippen LogP contribution >= 0.6 is 0 Å². The lowest BCUT2D eigenvalue weighted by atomic mass is 9.89. The monoisotopic (exact) mass is 300 g/mol. The summed E-state index contributed by atoms with van der Waals surface area (Å²) in [7, 11) is 0. The maximum absolute atomic E-state index is 13.6. The van der Waals surface area contributed by atoms with Crippen LogP contribution in [0, 0.1) is 21.3 Å². The number of aromatic carboxylic acids is 1. The Labute approximate surface area is 120 Å². The Morgan fingerprint density at radius 1 is 1.48 bits per heavy atom. The van der Waals surface area contributed by atoms with Gasteiger partial charge in [-0.2, -0.15) is 0 Å². The summed E-state index contributed by atoms with van der Waals surface area (Å²) in [6.45, 7) is 3.90. The molecule has 0 saturated heterocycles. The van der Waals surface area contributed by atoms with Crippen LogP contribution in [0.5, 0.6) is 0 Å². The van der Waals surface area contributed by atoms with E-state index in [0.717, 1.165) is 6.07 Å². The fourth-order valence-electron chi connectivity index (χ4n) is 1.74. The number of hydrogen-bond donors (Lipinski definition) is 3. The molecule has 0 fully saturated rings. The first-order chi connectivity index (χ1) is 9.68. The summed E-state index contributed by atoms with van der Waals surface area (Å²) in [6, 6.07) is 1.50. The van der Waals surface area contributed by atoms with E-state index in [1.165, 1.54) is 0 Å². The van der Waals surface area contributed by atoms with Crippen molar-refractivity contribution in [2.45, 2.75) is 20.3 Å². The van der Waals surface area contributed by atoms with Crippen LogP contribution in [0.15, 0.2) is 12.1 Å². The average molecular weight is 300 g/mol. The van der Waals surface area contributed by atoms with Gasteiger partial charge in [0.1, 0.15) is 17.1 Å². The van der Waals surface area contributed by atoms with E-state index >= 15 is 0 Å². The molecular weight excluding hydrogens is 283 g/mol. The van der Waals surface area contributed by atoms with Gasteiger partial charge in [0, 0.05) is 25.3 Å². The first kappa shape index (κ1) is 16.8.